The molecule has 0 aliphatic heterocycles. The zero-order chi connectivity index (χ0) is 19.1. The Hall–Kier alpha value is -3.02. The van der Waals surface area contributed by atoms with Crippen LogP contribution in [0.25, 0.3) is 0 Å². The molecule has 6 nitrogen and oxygen atoms in total. The van der Waals surface area contributed by atoms with Gasteiger partial charge < -0.3 is 20.1 Å². The second-order valence-corrected chi connectivity index (χ2v) is 5.87. The van der Waals surface area contributed by atoms with Gasteiger partial charge in [0.1, 0.15) is 0 Å². The molecule has 0 aliphatic rings. The van der Waals surface area contributed by atoms with Crippen LogP contribution in [0.4, 0.5) is 0 Å². The number of benzene rings is 2. The molecule has 2 N–H and O–H groups in total. The number of rotatable bonds is 8. The van der Waals surface area contributed by atoms with Crippen LogP contribution in [0.1, 0.15) is 28.4 Å². The lowest BCUT2D eigenvalue weighted by molar-refractivity contribution is -0.119. The van der Waals surface area contributed by atoms with Crippen molar-refractivity contribution < 1.29 is 19.1 Å². The van der Waals surface area contributed by atoms with Gasteiger partial charge in [0, 0.05) is 18.7 Å². The number of hydrogen-bond acceptors (Lipinski definition) is 4. The lowest BCUT2D eigenvalue weighted by Gasteiger charge is -2.22. The van der Waals surface area contributed by atoms with Crippen LogP contribution in [0.3, 0.4) is 0 Å². The molecule has 0 bridgehead atoms. The Bertz CT molecular complexity index is 789. The second-order valence-electron chi connectivity index (χ2n) is 5.87. The number of carbonyl (C=O) groups is 2. The minimum atomic E-state index is -0.581. The van der Waals surface area contributed by atoms with Crippen molar-refractivity contribution in [2.24, 2.45) is 5.73 Å². The molecule has 2 aromatic rings. The maximum Gasteiger partial charge on any atom is 0.255 e. The number of nitrogens with zero attached hydrogens (tertiary/aromatic N) is 1. The van der Waals surface area contributed by atoms with Crippen LogP contribution in [0.5, 0.6) is 11.5 Å². The Labute approximate surface area is 153 Å². The standard InChI is InChI=1S/C20H24N2O4/c1-4-22(12-16-8-6-5-7-14(16)2)20(24)15-9-10-17(18(11-15)25-3)26-13-19(21)23/h5-11H,4,12-13H2,1-3H3,(H2,21,23). The first-order valence-corrected chi connectivity index (χ1v) is 8.39. The van der Waals surface area contributed by atoms with Crippen molar-refractivity contribution >= 4 is 11.8 Å². The number of hydrogen-bond donors (Lipinski definition) is 1. The molecule has 0 atom stereocenters. The Morgan fingerprint density at radius 3 is 2.46 bits per heavy atom. The lowest BCUT2D eigenvalue weighted by atomic mass is 10.1. The van der Waals surface area contributed by atoms with Crippen molar-refractivity contribution in [3.8, 4) is 11.5 Å². The summed E-state index contributed by atoms with van der Waals surface area (Å²) >= 11 is 0. The summed E-state index contributed by atoms with van der Waals surface area (Å²) in [6.45, 7) is 4.83. The van der Waals surface area contributed by atoms with Crippen molar-refractivity contribution in [1.29, 1.82) is 0 Å². The van der Waals surface area contributed by atoms with Gasteiger partial charge in [-0.3, -0.25) is 9.59 Å². The molecule has 0 saturated carbocycles. The van der Waals surface area contributed by atoms with Gasteiger partial charge >= 0.3 is 0 Å². The van der Waals surface area contributed by atoms with E-state index in [0.29, 0.717) is 30.2 Å². The third-order valence-corrected chi connectivity index (χ3v) is 4.07. The molecule has 26 heavy (non-hydrogen) atoms. The highest BCUT2D eigenvalue weighted by Crippen LogP contribution is 2.28. The van der Waals surface area contributed by atoms with E-state index < -0.39 is 5.91 Å². The van der Waals surface area contributed by atoms with E-state index in [4.69, 9.17) is 15.2 Å². The van der Waals surface area contributed by atoms with Crippen molar-refractivity contribution in [2.45, 2.75) is 20.4 Å². The smallest absolute Gasteiger partial charge is 0.255 e. The zero-order valence-corrected chi connectivity index (χ0v) is 15.3. The molecule has 0 fully saturated rings. The first-order valence-electron chi connectivity index (χ1n) is 8.39. The number of methoxy groups -OCH3 is 1. The Kier molecular flexibility index (Phi) is 6.60. The minimum absolute atomic E-state index is 0.101. The number of nitrogens with two attached hydrogens (primary N) is 1. The lowest BCUT2D eigenvalue weighted by Crippen LogP contribution is -2.30. The molecular weight excluding hydrogens is 332 g/mol. The van der Waals surface area contributed by atoms with E-state index >= 15 is 0 Å². The molecule has 0 heterocycles. The Morgan fingerprint density at radius 2 is 1.85 bits per heavy atom. The van der Waals surface area contributed by atoms with Crippen LogP contribution in [0.2, 0.25) is 0 Å². The van der Waals surface area contributed by atoms with E-state index in [2.05, 4.69) is 0 Å². The highest BCUT2D eigenvalue weighted by molar-refractivity contribution is 5.95. The van der Waals surface area contributed by atoms with Crippen LogP contribution in [-0.2, 0) is 11.3 Å². The van der Waals surface area contributed by atoms with Gasteiger partial charge in [-0.15, -0.1) is 0 Å². The molecule has 138 valence electrons. The van der Waals surface area contributed by atoms with E-state index in [-0.39, 0.29) is 12.5 Å². The Morgan fingerprint density at radius 1 is 1.12 bits per heavy atom. The van der Waals surface area contributed by atoms with Crippen molar-refractivity contribution in [1.82, 2.24) is 4.90 Å². The van der Waals surface area contributed by atoms with Gasteiger partial charge in [-0.2, -0.15) is 0 Å². The van der Waals surface area contributed by atoms with Crippen LogP contribution < -0.4 is 15.2 Å². The molecular formula is C20H24N2O4. The molecule has 0 aliphatic carbocycles. The van der Waals surface area contributed by atoms with E-state index in [1.165, 1.54) is 7.11 Å². The predicted molar refractivity (Wildman–Crippen MR) is 99.3 cm³/mol. The van der Waals surface area contributed by atoms with Gasteiger partial charge in [0.25, 0.3) is 11.8 Å². The first-order chi connectivity index (χ1) is 12.5. The summed E-state index contributed by atoms with van der Waals surface area (Å²) in [5.74, 6) is 0.0620. The molecule has 6 heteroatoms. The van der Waals surface area contributed by atoms with Gasteiger partial charge in [0.2, 0.25) is 0 Å². The number of amides is 2. The molecule has 2 amide bonds. The van der Waals surface area contributed by atoms with E-state index in [1.54, 1.807) is 23.1 Å². The number of aryl methyl sites for hydroxylation is 1. The SMILES string of the molecule is CCN(Cc1ccccc1C)C(=O)c1ccc(OCC(N)=O)c(OC)c1. The summed E-state index contributed by atoms with van der Waals surface area (Å²) in [4.78, 5) is 25.5. The summed E-state index contributed by atoms with van der Waals surface area (Å²) in [6, 6.07) is 12.9. The minimum Gasteiger partial charge on any atom is -0.493 e. The number of primary amides is 1. The van der Waals surface area contributed by atoms with Gasteiger partial charge in [0.05, 0.1) is 7.11 Å². The molecule has 0 radical (unpaired) electrons. The van der Waals surface area contributed by atoms with Gasteiger partial charge in [-0.1, -0.05) is 24.3 Å². The summed E-state index contributed by atoms with van der Waals surface area (Å²) in [5, 5.41) is 0. The predicted octanol–water partition coefficient (Wildman–Crippen LogP) is 2.53. The summed E-state index contributed by atoms with van der Waals surface area (Å²) in [5.41, 5.74) is 7.83. The van der Waals surface area contributed by atoms with Crippen molar-refractivity contribution in [3.63, 3.8) is 0 Å². The van der Waals surface area contributed by atoms with Crippen LogP contribution in [-0.4, -0.2) is 37.0 Å². The van der Waals surface area contributed by atoms with Crippen LogP contribution >= 0.6 is 0 Å². The molecule has 0 spiro atoms. The molecule has 0 aromatic heterocycles. The number of carbonyl (C=O) groups excluding carboxylic acids is 2. The average Bonchev–Trinajstić information content (AvgIpc) is 2.65. The fourth-order valence-electron chi connectivity index (χ4n) is 2.57. The van der Waals surface area contributed by atoms with Gasteiger partial charge in [-0.25, -0.2) is 0 Å². The van der Waals surface area contributed by atoms with Crippen molar-refractivity contribution in [3.05, 3.63) is 59.2 Å². The van der Waals surface area contributed by atoms with Crippen LogP contribution in [0.15, 0.2) is 42.5 Å². The molecule has 2 rings (SSSR count). The zero-order valence-electron chi connectivity index (χ0n) is 15.3. The summed E-state index contributed by atoms with van der Waals surface area (Å²) < 4.78 is 10.6. The fraction of sp³-hybridized carbons (Fsp3) is 0.300. The summed E-state index contributed by atoms with van der Waals surface area (Å²) in [6.07, 6.45) is 0. The largest absolute Gasteiger partial charge is 0.493 e. The van der Waals surface area contributed by atoms with Gasteiger partial charge in [-0.05, 0) is 43.2 Å². The highest BCUT2D eigenvalue weighted by Gasteiger charge is 2.18. The third-order valence-electron chi connectivity index (χ3n) is 4.07. The maximum absolute atomic E-state index is 12.9. The quantitative estimate of drug-likeness (QED) is 0.788. The molecule has 0 saturated heterocycles. The highest BCUT2D eigenvalue weighted by atomic mass is 16.5. The number of ether oxygens (including phenoxy) is 2. The second kappa shape index (κ2) is 8.89. The normalized spacial score (nSPS) is 10.3. The van der Waals surface area contributed by atoms with E-state index in [9.17, 15) is 9.59 Å². The monoisotopic (exact) mass is 356 g/mol. The van der Waals surface area contributed by atoms with Crippen LogP contribution in [0, 0.1) is 6.92 Å². The maximum atomic E-state index is 12.9. The Balaban J connectivity index is 2.21. The average molecular weight is 356 g/mol. The third kappa shape index (κ3) is 4.75. The van der Waals surface area contributed by atoms with Crippen molar-refractivity contribution in [2.75, 3.05) is 20.3 Å². The topological polar surface area (TPSA) is 81.9 Å². The van der Waals surface area contributed by atoms with E-state index in [1.807, 2.05) is 38.1 Å². The molecule has 0 unspecified atom stereocenters. The first kappa shape index (κ1) is 19.3. The fourth-order valence-corrected chi connectivity index (χ4v) is 2.57. The molecule has 2 aromatic carbocycles. The summed E-state index contributed by atoms with van der Waals surface area (Å²) in [7, 11) is 1.48. The van der Waals surface area contributed by atoms with Gasteiger partial charge in [0.15, 0.2) is 18.1 Å². The van der Waals surface area contributed by atoms with E-state index in [0.717, 1.165) is 11.1 Å².